The van der Waals surface area contributed by atoms with Crippen LogP contribution in [0.3, 0.4) is 0 Å². The smallest absolute Gasteiger partial charge is 0.356 e. The largest absolute Gasteiger partial charge is 0.493 e. The van der Waals surface area contributed by atoms with Gasteiger partial charge in [0.25, 0.3) is 0 Å². The molecule has 0 fully saturated rings. The summed E-state index contributed by atoms with van der Waals surface area (Å²) >= 11 is 0. The van der Waals surface area contributed by atoms with Gasteiger partial charge in [-0.05, 0) is 30.3 Å². The molecule has 0 bridgehead atoms. The minimum absolute atomic E-state index is 0.0411. The predicted octanol–water partition coefficient (Wildman–Crippen LogP) is 2.39. The highest BCUT2D eigenvalue weighted by Crippen LogP contribution is 2.36. The van der Waals surface area contributed by atoms with E-state index in [0.717, 1.165) is 16.3 Å². The van der Waals surface area contributed by atoms with Crippen molar-refractivity contribution >= 4 is 34.7 Å². The quantitative estimate of drug-likeness (QED) is 0.520. The maximum atomic E-state index is 11.4. The Labute approximate surface area is 154 Å². The van der Waals surface area contributed by atoms with E-state index in [9.17, 15) is 14.4 Å². The third-order valence-electron chi connectivity index (χ3n) is 4.33. The molecular formula is C18H16N3O5P. The van der Waals surface area contributed by atoms with E-state index >= 15 is 0 Å². The molecule has 2 N–H and O–H groups in total. The van der Waals surface area contributed by atoms with Crippen LogP contribution in [0.15, 0.2) is 48.8 Å². The summed E-state index contributed by atoms with van der Waals surface area (Å²) in [4.78, 5) is 23.0. The van der Waals surface area contributed by atoms with Crippen LogP contribution in [0.25, 0.3) is 27.5 Å². The number of pyridine rings is 1. The molecule has 0 spiro atoms. The van der Waals surface area contributed by atoms with Crippen molar-refractivity contribution in [2.45, 2.75) is 0 Å². The van der Waals surface area contributed by atoms with Gasteiger partial charge in [0, 0.05) is 23.0 Å². The average molecular weight is 385 g/mol. The van der Waals surface area contributed by atoms with Gasteiger partial charge in [0.1, 0.15) is 0 Å². The Kier molecular flexibility index (Phi) is 4.11. The van der Waals surface area contributed by atoms with Crippen molar-refractivity contribution in [2.75, 3.05) is 14.2 Å². The van der Waals surface area contributed by atoms with Gasteiger partial charge in [-0.15, -0.1) is 0 Å². The van der Waals surface area contributed by atoms with Gasteiger partial charge >= 0.3 is 7.60 Å². The number of hydrogen-bond acceptors (Lipinski definition) is 5. The molecule has 0 atom stereocenters. The first kappa shape index (κ1) is 17.5. The van der Waals surface area contributed by atoms with Crippen molar-refractivity contribution in [3.05, 3.63) is 48.8 Å². The van der Waals surface area contributed by atoms with Gasteiger partial charge in [0.05, 0.1) is 42.4 Å². The second-order valence-corrected chi connectivity index (χ2v) is 7.51. The Morgan fingerprint density at radius 1 is 1.00 bits per heavy atom. The van der Waals surface area contributed by atoms with Crippen LogP contribution in [0.4, 0.5) is 0 Å². The zero-order chi connectivity index (χ0) is 19.2. The lowest BCUT2D eigenvalue weighted by Gasteiger charge is -2.11. The van der Waals surface area contributed by atoms with Crippen LogP contribution in [0.2, 0.25) is 0 Å². The molecule has 2 aromatic carbocycles. The number of rotatable bonds is 4. The second kappa shape index (κ2) is 6.35. The Hall–Kier alpha value is -2.93. The zero-order valence-corrected chi connectivity index (χ0v) is 15.4. The second-order valence-electron chi connectivity index (χ2n) is 5.90. The number of ether oxygens (including phenoxy) is 2. The third kappa shape index (κ3) is 2.94. The van der Waals surface area contributed by atoms with Crippen LogP contribution in [0, 0.1) is 0 Å². The SMILES string of the molecule is COc1cc2ncc3cnn(-c4ccc(P(=O)(O)O)cc4)c3c2cc1OC. The van der Waals surface area contributed by atoms with Crippen LogP contribution < -0.4 is 14.8 Å². The topological polar surface area (TPSA) is 107 Å². The number of nitrogens with zero attached hydrogens (tertiary/aromatic N) is 3. The minimum atomic E-state index is -4.29. The van der Waals surface area contributed by atoms with E-state index in [4.69, 9.17) is 9.47 Å². The lowest BCUT2D eigenvalue weighted by Crippen LogP contribution is -2.05. The molecule has 0 aliphatic carbocycles. The molecular weight excluding hydrogens is 369 g/mol. The van der Waals surface area contributed by atoms with Crippen molar-refractivity contribution < 1.29 is 23.8 Å². The van der Waals surface area contributed by atoms with Crippen molar-refractivity contribution in [1.82, 2.24) is 14.8 Å². The molecule has 4 aromatic rings. The number of hydrogen-bond donors (Lipinski definition) is 2. The highest BCUT2D eigenvalue weighted by Gasteiger charge is 2.18. The fourth-order valence-corrected chi connectivity index (χ4v) is 3.55. The third-order valence-corrected chi connectivity index (χ3v) is 5.30. The van der Waals surface area contributed by atoms with Crippen LogP contribution >= 0.6 is 7.60 Å². The summed E-state index contributed by atoms with van der Waals surface area (Å²) in [7, 11) is -1.16. The fraction of sp³-hybridized carbons (Fsp3) is 0.111. The average Bonchev–Trinajstić information content (AvgIpc) is 3.10. The maximum absolute atomic E-state index is 11.4. The molecule has 138 valence electrons. The van der Waals surface area contributed by atoms with Gasteiger partial charge in [0.2, 0.25) is 0 Å². The predicted molar refractivity (Wildman–Crippen MR) is 101 cm³/mol. The summed E-state index contributed by atoms with van der Waals surface area (Å²) in [6.07, 6.45) is 3.41. The first-order valence-corrected chi connectivity index (χ1v) is 9.58. The highest BCUT2D eigenvalue weighted by molar-refractivity contribution is 7.60. The molecule has 2 aromatic heterocycles. The van der Waals surface area contributed by atoms with Gasteiger partial charge in [-0.3, -0.25) is 9.55 Å². The van der Waals surface area contributed by atoms with E-state index in [1.807, 2.05) is 6.07 Å². The number of methoxy groups -OCH3 is 2. The molecule has 27 heavy (non-hydrogen) atoms. The van der Waals surface area contributed by atoms with E-state index in [-0.39, 0.29) is 5.30 Å². The van der Waals surface area contributed by atoms with Crippen LogP contribution in [0.5, 0.6) is 11.5 Å². The molecule has 0 saturated carbocycles. The number of aromatic nitrogens is 3. The first-order valence-electron chi connectivity index (χ1n) is 7.97. The van der Waals surface area contributed by atoms with E-state index in [1.165, 1.54) is 12.1 Å². The Balaban J connectivity index is 1.96. The molecule has 9 heteroatoms. The van der Waals surface area contributed by atoms with Gasteiger partial charge in [-0.2, -0.15) is 5.10 Å². The Morgan fingerprint density at radius 2 is 1.67 bits per heavy atom. The van der Waals surface area contributed by atoms with Crippen molar-refractivity contribution in [3.8, 4) is 17.2 Å². The minimum Gasteiger partial charge on any atom is -0.493 e. The highest BCUT2D eigenvalue weighted by atomic mass is 31.2. The van der Waals surface area contributed by atoms with Crippen molar-refractivity contribution in [3.63, 3.8) is 0 Å². The van der Waals surface area contributed by atoms with E-state index in [2.05, 4.69) is 10.1 Å². The molecule has 8 nitrogen and oxygen atoms in total. The summed E-state index contributed by atoms with van der Waals surface area (Å²) in [5, 5.41) is 6.02. The lowest BCUT2D eigenvalue weighted by atomic mass is 10.1. The van der Waals surface area contributed by atoms with Crippen LogP contribution in [-0.2, 0) is 4.57 Å². The van der Waals surface area contributed by atoms with Crippen LogP contribution in [-0.4, -0.2) is 38.8 Å². The molecule has 4 rings (SSSR count). The molecule has 2 heterocycles. The molecule has 0 amide bonds. The number of benzene rings is 2. The molecule has 0 aliphatic heterocycles. The Bertz CT molecular complexity index is 1200. The van der Waals surface area contributed by atoms with Gasteiger partial charge < -0.3 is 19.3 Å². The van der Waals surface area contributed by atoms with E-state index in [0.29, 0.717) is 22.7 Å². The maximum Gasteiger partial charge on any atom is 0.356 e. The molecule has 0 unspecified atom stereocenters. The zero-order valence-electron chi connectivity index (χ0n) is 14.5. The summed E-state index contributed by atoms with van der Waals surface area (Å²) in [5.74, 6) is 1.15. The normalized spacial score (nSPS) is 11.9. The lowest BCUT2D eigenvalue weighted by molar-refractivity contribution is 0.356. The summed E-state index contributed by atoms with van der Waals surface area (Å²) in [6, 6.07) is 9.67. The van der Waals surface area contributed by atoms with Gasteiger partial charge in [-0.1, -0.05) is 0 Å². The fourth-order valence-electron chi connectivity index (χ4n) is 3.01. The van der Waals surface area contributed by atoms with Gasteiger partial charge in [0.15, 0.2) is 11.5 Å². The molecule has 0 saturated heterocycles. The standard InChI is InChI=1S/C18H16N3O5P/c1-25-16-7-14-15(8-17(16)26-2)19-9-11-10-20-21(18(11)14)12-3-5-13(6-4-12)27(22,23)24/h3-10H,1-2H3,(H2,22,23,24). The number of fused-ring (bicyclic) bond motifs is 3. The van der Waals surface area contributed by atoms with Crippen molar-refractivity contribution in [1.29, 1.82) is 0 Å². The molecule has 0 aliphatic rings. The van der Waals surface area contributed by atoms with E-state index < -0.39 is 7.60 Å². The van der Waals surface area contributed by atoms with Crippen molar-refractivity contribution in [2.24, 2.45) is 0 Å². The summed E-state index contributed by atoms with van der Waals surface area (Å²) < 4.78 is 23.8. The monoisotopic (exact) mass is 385 g/mol. The summed E-state index contributed by atoms with van der Waals surface area (Å²) in [6.45, 7) is 0. The summed E-state index contributed by atoms with van der Waals surface area (Å²) in [5.41, 5.74) is 2.20. The van der Waals surface area contributed by atoms with Crippen LogP contribution in [0.1, 0.15) is 0 Å². The Morgan fingerprint density at radius 3 is 2.30 bits per heavy atom. The molecule has 0 radical (unpaired) electrons. The first-order chi connectivity index (χ1) is 12.9. The van der Waals surface area contributed by atoms with Gasteiger partial charge in [-0.25, -0.2) is 4.68 Å². The van der Waals surface area contributed by atoms with E-state index in [1.54, 1.807) is 49.5 Å².